The first-order chi connectivity index (χ1) is 10.1. The Kier molecular flexibility index (Phi) is 6.22. The van der Waals surface area contributed by atoms with Gasteiger partial charge in [-0.25, -0.2) is 0 Å². The van der Waals surface area contributed by atoms with Gasteiger partial charge in [-0.2, -0.15) is 0 Å². The summed E-state index contributed by atoms with van der Waals surface area (Å²) in [5.41, 5.74) is 8.80. The number of benzene rings is 1. The van der Waals surface area contributed by atoms with Crippen molar-refractivity contribution in [2.24, 2.45) is 11.7 Å². The predicted molar refractivity (Wildman–Crippen MR) is 90.5 cm³/mol. The van der Waals surface area contributed by atoms with Crippen LogP contribution in [-0.2, 0) is 6.42 Å². The third-order valence-corrected chi connectivity index (χ3v) is 4.91. The number of nitrogens with zero attached hydrogens (tertiary/aromatic N) is 2. The fourth-order valence-corrected chi connectivity index (χ4v) is 3.33. The molecule has 0 radical (unpaired) electrons. The van der Waals surface area contributed by atoms with Crippen molar-refractivity contribution < 1.29 is 0 Å². The highest BCUT2D eigenvalue weighted by Gasteiger charge is 2.22. The topological polar surface area (TPSA) is 32.5 Å². The molecular weight excluding hydrogens is 258 g/mol. The van der Waals surface area contributed by atoms with Crippen molar-refractivity contribution >= 4 is 0 Å². The van der Waals surface area contributed by atoms with Gasteiger partial charge in [0, 0.05) is 19.1 Å². The molecule has 2 N–H and O–H groups in total. The highest BCUT2D eigenvalue weighted by molar-refractivity contribution is 5.25. The Bertz CT molecular complexity index is 407. The van der Waals surface area contributed by atoms with Crippen LogP contribution in [0.15, 0.2) is 24.3 Å². The van der Waals surface area contributed by atoms with Crippen molar-refractivity contribution in [3.63, 3.8) is 0 Å². The Labute approximate surface area is 130 Å². The van der Waals surface area contributed by atoms with Crippen LogP contribution in [0.1, 0.15) is 36.9 Å². The van der Waals surface area contributed by atoms with Crippen LogP contribution in [0, 0.1) is 5.92 Å². The van der Waals surface area contributed by atoms with Crippen LogP contribution in [-0.4, -0.2) is 50.1 Å². The first kappa shape index (κ1) is 16.5. The van der Waals surface area contributed by atoms with Gasteiger partial charge in [-0.05, 0) is 63.5 Å². The van der Waals surface area contributed by atoms with Crippen molar-refractivity contribution in [1.82, 2.24) is 9.80 Å². The highest BCUT2D eigenvalue weighted by Crippen LogP contribution is 2.23. The van der Waals surface area contributed by atoms with E-state index in [9.17, 15) is 0 Å². The first-order valence-corrected chi connectivity index (χ1v) is 8.31. The molecule has 3 heteroatoms. The van der Waals surface area contributed by atoms with Crippen LogP contribution in [0.4, 0.5) is 0 Å². The fourth-order valence-electron chi connectivity index (χ4n) is 3.33. The van der Waals surface area contributed by atoms with E-state index in [2.05, 4.69) is 55.1 Å². The fraction of sp³-hybridized carbons (Fsp3) is 0.667. The minimum Gasteiger partial charge on any atom is -0.329 e. The zero-order chi connectivity index (χ0) is 15.2. The lowest BCUT2D eigenvalue weighted by molar-refractivity contribution is 0.151. The molecule has 1 heterocycles. The smallest absolute Gasteiger partial charge is 0.0467 e. The molecule has 2 rings (SSSR count). The maximum Gasteiger partial charge on any atom is 0.0467 e. The van der Waals surface area contributed by atoms with Crippen LogP contribution in [0.3, 0.4) is 0 Å². The molecular formula is C18H31N3. The van der Waals surface area contributed by atoms with Crippen LogP contribution >= 0.6 is 0 Å². The molecule has 1 saturated heterocycles. The summed E-state index contributed by atoms with van der Waals surface area (Å²) in [4.78, 5) is 4.89. The second-order valence-corrected chi connectivity index (χ2v) is 6.53. The van der Waals surface area contributed by atoms with E-state index in [0.717, 1.165) is 18.9 Å². The average molecular weight is 289 g/mol. The highest BCUT2D eigenvalue weighted by atomic mass is 15.1. The second-order valence-electron chi connectivity index (χ2n) is 6.53. The molecule has 0 aliphatic carbocycles. The maximum atomic E-state index is 6.05. The van der Waals surface area contributed by atoms with Crippen molar-refractivity contribution in [2.75, 3.05) is 40.3 Å². The van der Waals surface area contributed by atoms with Crippen molar-refractivity contribution in [1.29, 1.82) is 0 Å². The number of rotatable bonds is 6. The molecule has 1 fully saturated rings. The van der Waals surface area contributed by atoms with Gasteiger partial charge >= 0.3 is 0 Å². The van der Waals surface area contributed by atoms with Gasteiger partial charge in [0.2, 0.25) is 0 Å². The summed E-state index contributed by atoms with van der Waals surface area (Å²) in [6, 6.07) is 9.32. The molecule has 118 valence electrons. The number of aryl methyl sites for hydroxylation is 1. The lowest BCUT2D eigenvalue weighted by Gasteiger charge is -2.35. The molecule has 0 saturated carbocycles. The number of hydrogen-bond donors (Lipinski definition) is 1. The van der Waals surface area contributed by atoms with E-state index in [1.54, 1.807) is 0 Å². The van der Waals surface area contributed by atoms with Crippen LogP contribution in [0.2, 0.25) is 0 Å². The predicted octanol–water partition coefficient (Wildman–Crippen LogP) is 2.52. The van der Waals surface area contributed by atoms with Gasteiger partial charge in [0.15, 0.2) is 0 Å². The van der Waals surface area contributed by atoms with Crippen molar-refractivity contribution in [3.05, 3.63) is 35.4 Å². The molecule has 1 aliphatic heterocycles. The Morgan fingerprint density at radius 2 is 1.86 bits per heavy atom. The zero-order valence-corrected chi connectivity index (χ0v) is 13.9. The third-order valence-electron chi connectivity index (χ3n) is 4.91. The minimum absolute atomic E-state index is 0.343. The third kappa shape index (κ3) is 4.53. The van der Waals surface area contributed by atoms with E-state index in [-0.39, 0.29) is 0 Å². The average Bonchev–Trinajstić information content (AvgIpc) is 2.51. The second kappa shape index (κ2) is 7.92. The summed E-state index contributed by atoms with van der Waals surface area (Å²) in [6.45, 7) is 6.51. The molecule has 0 amide bonds. The monoisotopic (exact) mass is 289 g/mol. The van der Waals surface area contributed by atoms with Gasteiger partial charge in [-0.1, -0.05) is 31.2 Å². The number of likely N-dealkylation sites (tertiary alicyclic amines) is 1. The zero-order valence-electron chi connectivity index (χ0n) is 13.9. The largest absolute Gasteiger partial charge is 0.329 e. The SMILES string of the molecule is CCc1ccc(C(CN)N(C)CC2CCN(C)CC2)cc1. The molecule has 1 aliphatic rings. The quantitative estimate of drug-likeness (QED) is 0.873. The molecule has 1 aromatic carbocycles. The molecule has 1 unspecified atom stereocenters. The van der Waals surface area contributed by atoms with E-state index in [4.69, 9.17) is 5.73 Å². The minimum atomic E-state index is 0.343. The molecule has 3 nitrogen and oxygen atoms in total. The van der Waals surface area contributed by atoms with Crippen LogP contribution in [0.25, 0.3) is 0 Å². The Balaban J connectivity index is 1.95. The standard InChI is InChI=1S/C18H31N3/c1-4-15-5-7-17(8-6-15)18(13-19)21(3)14-16-9-11-20(2)12-10-16/h5-8,16,18H,4,9-14,19H2,1-3H3. The van der Waals surface area contributed by atoms with E-state index in [1.165, 1.54) is 37.1 Å². The number of hydrogen-bond acceptors (Lipinski definition) is 3. The molecule has 0 bridgehead atoms. The van der Waals surface area contributed by atoms with Gasteiger partial charge in [0.1, 0.15) is 0 Å². The van der Waals surface area contributed by atoms with Gasteiger partial charge in [0.25, 0.3) is 0 Å². The van der Waals surface area contributed by atoms with Gasteiger partial charge in [0.05, 0.1) is 0 Å². The number of likely N-dealkylation sites (N-methyl/N-ethyl adjacent to an activating group) is 1. The maximum absolute atomic E-state index is 6.05. The summed E-state index contributed by atoms with van der Waals surface area (Å²) in [6.07, 6.45) is 3.72. The summed E-state index contributed by atoms with van der Waals surface area (Å²) < 4.78 is 0. The summed E-state index contributed by atoms with van der Waals surface area (Å²) in [7, 11) is 4.45. The molecule has 0 aromatic heterocycles. The normalized spacial score (nSPS) is 19.1. The lowest BCUT2D eigenvalue weighted by Crippen LogP contribution is -2.38. The Hall–Kier alpha value is -0.900. The Morgan fingerprint density at radius 1 is 1.24 bits per heavy atom. The molecule has 1 atom stereocenters. The van der Waals surface area contributed by atoms with Crippen LogP contribution < -0.4 is 5.73 Å². The first-order valence-electron chi connectivity index (χ1n) is 8.31. The molecule has 21 heavy (non-hydrogen) atoms. The molecule has 0 spiro atoms. The van der Waals surface area contributed by atoms with Crippen molar-refractivity contribution in [3.8, 4) is 0 Å². The summed E-state index contributed by atoms with van der Waals surface area (Å²) in [5, 5.41) is 0. The summed E-state index contributed by atoms with van der Waals surface area (Å²) >= 11 is 0. The number of nitrogens with two attached hydrogens (primary N) is 1. The van der Waals surface area contributed by atoms with E-state index < -0.39 is 0 Å². The molecule has 1 aromatic rings. The van der Waals surface area contributed by atoms with Crippen molar-refractivity contribution in [2.45, 2.75) is 32.2 Å². The van der Waals surface area contributed by atoms with Crippen LogP contribution in [0.5, 0.6) is 0 Å². The van der Waals surface area contributed by atoms with Gasteiger partial charge in [-0.15, -0.1) is 0 Å². The van der Waals surface area contributed by atoms with Gasteiger partial charge in [-0.3, -0.25) is 4.90 Å². The lowest BCUT2D eigenvalue weighted by atomic mass is 9.95. The summed E-state index contributed by atoms with van der Waals surface area (Å²) in [5.74, 6) is 0.815. The van der Waals surface area contributed by atoms with E-state index >= 15 is 0 Å². The Morgan fingerprint density at radius 3 is 2.38 bits per heavy atom. The van der Waals surface area contributed by atoms with E-state index in [0.29, 0.717) is 12.6 Å². The van der Waals surface area contributed by atoms with E-state index in [1.807, 2.05) is 0 Å². The van der Waals surface area contributed by atoms with Gasteiger partial charge < -0.3 is 10.6 Å². The number of piperidine rings is 1.